The molecule has 0 bridgehead atoms. The van der Waals surface area contributed by atoms with Gasteiger partial charge in [-0.05, 0) is 19.1 Å². The number of hydrogen-bond acceptors (Lipinski definition) is 4. The van der Waals surface area contributed by atoms with Gasteiger partial charge >= 0.3 is 0 Å². The third kappa shape index (κ3) is 2.83. The maximum absolute atomic E-state index is 12.4. The molecule has 0 amide bonds. The molecular weight excluding hydrogens is 268 g/mol. The number of nitrogens with zero attached hydrogens (tertiary/aromatic N) is 2. The van der Waals surface area contributed by atoms with Crippen LogP contribution < -0.4 is 0 Å². The second-order valence-corrected chi connectivity index (χ2v) is 7.81. The van der Waals surface area contributed by atoms with Gasteiger partial charge in [0.15, 0.2) is 0 Å². The summed E-state index contributed by atoms with van der Waals surface area (Å²) in [7, 11) is -3.28. The van der Waals surface area contributed by atoms with Gasteiger partial charge in [-0.15, -0.1) is 17.9 Å². The third-order valence-corrected chi connectivity index (χ3v) is 6.40. The smallest absolute Gasteiger partial charge is 0.252 e. The molecule has 6 heteroatoms. The van der Waals surface area contributed by atoms with Gasteiger partial charge in [0.1, 0.15) is 4.21 Å². The normalized spacial score (nSPS) is 18.9. The number of hydrogen-bond donors (Lipinski definition) is 0. The highest BCUT2D eigenvalue weighted by Gasteiger charge is 2.28. The number of piperazine rings is 1. The van der Waals surface area contributed by atoms with E-state index in [1.165, 1.54) is 11.3 Å². The summed E-state index contributed by atoms with van der Waals surface area (Å²) in [5.41, 5.74) is 0. The quantitative estimate of drug-likeness (QED) is 0.789. The van der Waals surface area contributed by atoms with Gasteiger partial charge in [-0.25, -0.2) is 8.42 Å². The lowest BCUT2D eigenvalue weighted by atomic mass is 10.3. The molecule has 1 aromatic heterocycles. The van der Waals surface area contributed by atoms with Crippen molar-refractivity contribution >= 4 is 21.4 Å². The van der Waals surface area contributed by atoms with Crippen molar-refractivity contribution < 1.29 is 8.42 Å². The standard InChI is InChI=1S/C12H18N2O2S2/c1-3-6-13-7-9-14(10-8-13)18(15,16)12-5-4-11(2)17-12/h3-5H,1,6-10H2,2H3. The van der Waals surface area contributed by atoms with E-state index in [4.69, 9.17) is 0 Å². The predicted octanol–water partition coefficient (Wildman–Crippen LogP) is 1.55. The lowest BCUT2D eigenvalue weighted by molar-refractivity contribution is 0.204. The van der Waals surface area contributed by atoms with Gasteiger partial charge in [0.2, 0.25) is 0 Å². The highest BCUT2D eigenvalue weighted by molar-refractivity contribution is 7.91. The maximum Gasteiger partial charge on any atom is 0.252 e. The van der Waals surface area contributed by atoms with Crippen LogP contribution in [0.3, 0.4) is 0 Å². The van der Waals surface area contributed by atoms with Gasteiger partial charge < -0.3 is 0 Å². The average Bonchev–Trinajstić information content (AvgIpc) is 2.78. The highest BCUT2D eigenvalue weighted by Crippen LogP contribution is 2.24. The van der Waals surface area contributed by atoms with Crippen molar-refractivity contribution in [3.63, 3.8) is 0 Å². The van der Waals surface area contributed by atoms with Crippen molar-refractivity contribution in [1.82, 2.24) is 9.21 Å². The topological polar surface area (TPSA) is 40.6 Å². The monoisotopic (exact) mass is 286 g/mol. The van der Waals surface area contributed by atoms with Gasteiger partial charge in [0.25, 0.3) is 10.0 Å². The fraction of sp³-hybridized carbons (Fsp3) is 0.500. The molecule has 1 aliphatic heterocycles. The summed E-state index contributed by atoms with van der Waals surface area (Å²) in [6, 6.07) is 3.55. The fourth-order valence-electron chi connectivity index (χ4n) is 2.01. The molecule has 1 aliphatic rings. The first-order chi connectivity index (χ1) is 8.54. The minimum Gasteiger partial charge on any atom is -0.297 e. The molecule has 0 aromatic carbocycles. The molecule has 0 N–H and O–H groups in total. The molecule has 0 spiro atoms. The Morgan fingerprint density at radius 1 is 1.33 bits per heavy atom. The summed E-state index contributed by atoms with van der Waals surface area (Å²) >= 11 is 1.34. The van der Waals surface area contributed by atoms with Crippen molar-refractivity contribution in [1.29, 1.82) is 0 Å². The molecule has 0 aliphatic carbocycles. The molecule has 0 unspecified atom stereocenters. The number of thiophene rings is 1. The van der Waals surface area contributed by atoms with E-state index in [1.807, 2.05) is 19.1 Å². The summed E-state index contributed by atoms with van der Waals surface area (Å²) in [6.07, 6.45) is 1.85. The Morgan fingerprint density at radius 2 is 2.00 bits per heavy atom. The van der Waals surface area contributed by atoms with E-state index < -0.39 is 10.0 Å². The summed E-state index contributed by atoms with van der Waals surface area (Å²) in [4.78, 5) is 3.23. The van der Waals surface area contributed by atoms with Crippen LogP contribution in [0.25, 0.3) is 0 Å². The Kier molecular flexibility index (Phi) is 4.21. The van der Waals surface area contributed by atoms with Crippen LogP contribution in [0.2, 0.25) is 0 Å². The molecule has 0 saturated carbocycles. The Balaban J connectivity index is 2.07. The van der Waals surface area contributed by atoms with E-state index in [-0.39, 0.29) is 0 Å². The molecular formula is C12H18N2O2S2. The third-order valence-electron chi connectivity index (χ3n) is 3.03. The molecule has 4 nitrogen and oxygen atoms in total. The van der Waals surface area contributed by atoms with Gasteiger partial charge in [-0.3, -0.25) is 4.90 Å². The second kappa shape index (κ2) is 5.52. The van der Waals surface area contributed by atoms with Gasteiger partial charge in [0, 0.05) is 37.6 Å². The molecule has 1 aromatic rings. The zero-order valence-corrected chi connectivity index (χ0v) is 12.1. The van der Waals surface area contributed by atoms with Crippen molar-refractivity contribution in [2.24, 2.45) is 0 Å². The van der Waals surface area contributed by atoms with E-state index in [1.54, 1.807) is 10.4 Å². The van der Waals surface area contributed by atoms with E-state index in [2.05, 4.69) is 11.5 Å². The minimum absolute atomic E-state index is 0.456. The second-order valence-electron chi connectivity index (χ2n) is 4.36. The molecule has 100 valence electrons. The van der Waals surface area contributed by atoms with Crippen LogP contribution in [0.5, 0.6) is 0 Å². The Hall–Kier alpha value is -0.690. The van der Waals surface area contributed by atoms with Gasteiger partial charge in [-0.2, -0.15) is 4.31 Å². The molecule has 2 rings (SSSR count). The highest BCUT2D eigenvalue weighted by atomic mass is 32.2. The first kappa shape index (κ1) is 13.7. The van der Waals surface area contributed by atoms with E-state index >= 15 is 0 Å². The molecule has 1 fully saturated rings. The van der Waals surface area contributed by atoms with Crippen LogP contribution >= 0.6 is 11.3 Å². The summed E-state index contributed by atoms with van der Waals surface area (Å²) < 4.78 is 26.8. The van der Waals surface area contributed by atoms with Crippen molar-refractivity contribution in [2.45, 2.75) is 11.1 Å². The summed E-state index contributed by atoms with van der Waals surface area (Å²) in [6.45, 7) is 9.12. The van der Waals surface area contributed by atoms with Crippen molar-refractivity contribution in [3.8, 4) is 0 Å². The number of aryl methyl sites for hydroxylation is 1. The Morgan fingerprint density at radius 3 is 2.50 bits per heavy atom. The van der Waals surface area contributed by atoms with Crippen molar-refractivity contribution in [2.75, 3.05) is 32.7 Å². The lowest BCUT2D eigenvalue weighted by Gasteiger charge is -2.32. The van der Waals surface area contributed by atoms with Crippen LogP contribution in [-0.4, -0.2) is 50.3 Å². The maximum atomic E-state index is 12.4. The molecule has 1 saturated heterocycles. The predicted molar refractivity (Wildman–Crippen MR) is 74.5 cm³/mol. The summed E-state index contributed by atoms with van der Waals surface area (Å²) in [5, 5.41) is 0. The van der Waals surface area contributed by atoms with E-state index in [0.29, 0.717) is 17.3 Å². The van der Waals surface area contributed by atoms with E-state index in [9.17, 15) is 8.42 Å². The average molecular weight is 286 g/mol. The summed E-state index contributed by atoms with van der Waals surface area (Å²) in [5.74, 6) is 0. The SMILES string of the molecule is C=CCN1CCN(S(=O)(=O)c2ccc(C)s2)CC1. The van der Waals surface area contributed by atoms with Gasteiger partial charge in [0.05, 0.1) is 0 Å². The lowest BCUT2D eigenvalue weighted by Crippen LogP contribution is -2.48. The van der Waals surface area contributed by atoms with E-state index in [0.717, 1.165) is 24.5 Å². The van der Waals surface area contributed by atoms with Gasteiger partial charge in [-0.1, -0.05) is 6.08 Å². The zero-order valence-electron chi connectivity index (χ0n) is 10.5. The van der Waals surface area contributed by atoms with Crippen LogP contribution in [-0.2, 0) is 10.0 Å². The zero-order chi connectivity index (χ0) is 13.2. The van der Waals surface area contributed by atoms with Crippen LogP contribution in [0, 0.1) is 6.92 Å². The molecule has 0 radical (unpaired) electrons. The van der Waals surface area contributed by atoms with Crippen LogP contribution in [0.4, 0.5) is 0 Å². The molecule has 18 heavy (non-hydrogen) atoms. The number of rotatable bonds is 4. The number of sulfonamides is 1. The van der Waals surface area contributed by atoms with Crippen LogP contribution in [0.1, 0.15) is 4.88 Å². The fourth-order valence-corrected chi connectivity index (χ4v) is 4.87. The molecule has 0 atom stereocenters. The minimum atomic E-state index is -3.28. The largest absolute Gasteiger partial charge is 0.297 e. The Bertz CT molecular complexity index is 514. The Labute approximate surface area is 113 Å². The van der Waals surface area contributed by atoms with Crippen molar-refractivity contribution in [3.05, 3.63) is 29.7 Å². The first-order valence-corrected chi connectivity index (χ1v) is 8.19. The van der Waals surface area contributed by atoms with Crippen LogP contribution in [0.15, 0.2) is 29.0 Å². The molecule has 2 heterocycles. The first-order valence-electron chi connectivity index (χ1n) is 5.94.